The maximum absolute atomic E-state index is 13.4. The summed E-state index contributed by atoms with van der Waals surface area (Å²) in [6, 6.07) is 28.3. The van der Waals surface area contributed by atoms with Crippen LogP contribution in [-0.4, -0.2) is 44.3 Å². The minimum atomic E-state index is -1.80. The summed E-state index contributed by atoms with van der Waals surface area (Å²) in [5.74, 6) is -6.68. The summed E-state index contributed by atoms with van der Waals surface area (Å²) in [5.41, 5.74) is -1.29. The molecule has 212 valence electrons. The van der Waals surface area contributed by atoms with Gasteiger partial charge < -0.3 is 20.4 Å². The third-order valence-electron chi connectivity index (χ3n) is 8.17. The summed E-state index contributed by atoms with van der Waals surface area (Å²) in [5, 5.41) is 44.8. The van der Waals surface area contributed by atoms with Gasteiger partial charge in [0.05, 0.1) is 22.3 Å². The number of carbonyl (C=O) groups is 4. The van der Waals surface area contributed by atoms with Crippen LogP contribution in [0.5, 0.6) is 0 Å². The average molecular weight is 581 g/mol. The third-order valence-corrected chi connectivity index (χ3v) is 8.17. The molecule has 0 bridgehead atoms. The zero-order valence-corrected chi connectivity index (χ0v) is 22.7. The zero-order valence-electron chi connectivity index (χ0n) is 22.7. The Morgan fingerprint density at radius 1 is 0.364 bits per heavy atom. The first-order valence-corrected chi connectivity index (χ1v) is 13.5. The van der Waals surface area contributed by atoms with Gasteiger partial charge in [-0.1, -0.05) is 97.1 Å². The van der Waals surface area contributed by atoms with E-state index < -0.39 is 46.1 Å². The highest BCUT2D eigenvalue weighted by atomic mass is 16.4. The average Bonchev–Trinajstić information content (AvgIpc) is 3.02. The molecule has 44 heavy (non-hydrogen) atoms. The second kappa shape index (κ2) is 9.64. The first-order chi connectivity index (χ1) is 21.2. The summed E-state index contributed by atoms with van der Waals surface area (Å²) in [6.45, 7) is 0. The number of benzene rings is 7. The molecule has 7 rings (SSSR count). The van der Waals surface area contributed by atoms with E-state index >= 15 is 0 Å². The van der Waals surface area contributed by atoms with Crippen molar-refractivity contribution in [1.29, 1.82) is 0 Å². The molecule has 0 aromatic heterocycles. The lowest BCUT2D eigenvalue weighted by atomic mass is 9.76. The normalized spacial score (nSPS) is 11.5. The number of rotatable bonds is 6. The summed E-state index contributed by atoms with van der Waals surface area (Å²) in [4.78, 5) is 52.2. The highest BCUT2D eigenvalue weighted by Gasteiger charge is 2.37. The predicted octanol–water partition coefficient (Wildman–Crippen LogP) is 7.86. The van der Waals surface area contributed by atoms with Crippen LogP contribution < -0.4 is 0 Å². The molecule has 4 N–H and O–H groups in total. The lowest BCUT2D eigenvalue weighted by molar-refractivity contribution is 0.0635. The molecule has 0 heterocycles. The summed E-state index contributed by atoms with van der Waals surface area (Å²) in [7, 11) is 0. The molecule has 0 atom stereocenters. The van der Waals surface area contributed by atoms with E-state index in [-0.39, 0.29) is 21.7 Å². The van der Waals surface area contributed by atoms with Gasteiger partial charge >= 0.3 is 23.9 Å². The molecule has 0 radical (unpaired) electrons. The van der Waals surface area contributed by atoms with E-state index in [4.69, 9.17) is 0 Å². The molecule has 0 aliphatic rings. The van der Waals surface area contributed by atoms with E-state index in [1.807, 2.05) is 30.3 Å². The molecule has 0 fully saturated rings. The predicted molar refractivity (Wildman–Crippen MR) is 166 cm³/mol. The van der Waals surface area contributed by atoms with Gasteiger partial charge in [-0.3, -0.25) is 0 Å². The van der Waals surface area contributed by atoms with Gasteiger partial charge in [0.15, 0.2) is 0 Å². The monoisotopic (exact) mass is 580 g/mol. The van der Waals surface area contributed by atoms with Crippen LogP contribution in [-0.2, 0) is 0 Å². The van der Waals surface area contributed by atoms with Gasteiger partial charge in [0.1, 0.15) is 0 Å². The molecule has 0 aliphatic carbocycles. The Kier molecular flexibility index (Phi) is 5.83. The van der Waals surface area contributed by atoms with E-state index in [2.05, 4.69) is 0 Å². The van der Waals surface area contributed by atoms with E-state index in [1.54, 1.807) is 66.7 Å². The Morgan fingerprint density at radius 3 is 1.32 bits per heavy atom. The lowest BCUT2D eigenvalue weighted by Crippen LogP contribution is -2.18. The van der Waals surface area contributed by atoms with Crippen LogP contribution in [0.25, 0.3) is 65.3 Å². The van der Waals surface area contributed by atoms with Crippen LogP contribution >= 0.6 is 0 Å². The van der Waals surface area contributed by atoms with E-state index in [9.17, 15) is 39.6 Å². The van der Waals surface area contributed by atoms with Gasteiger partial charge in [-0.05, 0) is 43.6 Å². The molecular formula is C36H20O8. The Bertz CT molecular complexity index is 2370. The van der Waals surface area contributed by atoms with Crippen LogP contribution in [0.1, 0.15) is 41.4 Å². The smallest absolute Gasteiger partial charge is 0.337 e. The molecule has 8 nitrogen and oxygen atoms in total. The highest BCUT2D eigenvalue weighted by Crippen LogP contribution is 2.52. The largest absolute Gasteiger partial charge is 0.478 e. The Balaban J connectivity index is 2.02. The number of carboxylic acid groups (broad SMARTS) is 4. The summed E-state index contributed by atoms with van der Waals surface area (Å²) >= 11 is 0. The summed E-state index contributed by atoms with van der Waals surface area (Å²) < 4.78 is 0. The van der Waals surface area contributed by atoms with Gasteiger partial charge in [-0.15, -0.1) is 0 Å². The van der Waals surface area contributed by atoms with E-state index in [1.165, 1.54) is 0 Å². The van der Waals surface area contributed by atoms with Crippen LogP contribution in [0.2, 0.25) is 0 Å². The van der Waals surface area contributed by atoms with Gasteiger partial charge in [-0.25, -0.2) is 19.2 Å². The molecule has 0 amide bonds. The topological polar surface area (TPSA) is 149 Å². The van der Waals surface area contributed by atoms with Crippen LogP contribution in [0, 0.1) is 0 Å². The molecule has 8 heteroatoms. The minimum absolute atomic E-state index is 0.0338. The standard InChI is InChI=1S/C36H20O8/c37-33(38)29-24(19-11-5-2-6-12-19)23(18-9-3-1-4-10-18)25-20-15-7-13-17-14-8-16-21(22(17)20)26-27(25)28(29)31(35(41)42)32(36(43)44)30(26)34(39)40/h1-16H,(H,37,38)(H,39,40)(H,41,42)(H,43,44). The SMILES string of the molecule is O=C(O)c1c(C(=O)O)c2c(C(=O)O)c(-c3ccccc3)c(-c3ccccc3)c3c4cccc5cccc(c(c1C(=O)O)c23)c54. The third kappa shape index (κ3) is 3.58. The molecule has 0 saturated heterocycles. The molecule has 0 saturated carbocycles. The van der Waals surface area contributed by atoms with Gasteiger partial charge in [-0.2, -0.15) is 0 Å². The van der Waals surface area contributed by atoms with Crippen molar-refractivity contribution in [2.24, 2.45) is 0 Å². The fraction of sp³-hybridized carbons (Fsp3) is 0. The molecule has 0 spiro atoms. The highest BCUT2D eigenvalue weighted by molar-refractivity contribution is 6.43. The fourth-order valence-electron chi connectivity index (χ4n) is 6.69. The molecule has 7 aromatic rings. The van der Waals surface area contributed by atoms with Crippen LogP contribution in [0.3, 0.4) is 0 Å². The minimum Gasteiger partial charge on any atom is -0.478 e. The van der Waals surface area contributed by atoms with Crippen molar-refractivity contribution in [3.63, 3.8) is 0 Å². The Morgan fingerprint density at radius 2 is 0.818 bits per heavy atom. The maximum Gasteiger partial charge on any atom is 0.337 e. The summed E-state index contributed by atoms with van der Waals surface area (Å²) in [6.07, 6.45) is 0. The first kappa shape index (κ1) is 26.6. The molecule has 0 unspecified atom stereocenters. The second-order valence-corrected chi connectivity index (χ2v) is 10.4. The fourth-order valence-corrected chi connectivity index (χ4v) is 6.69. The van der Waals surface area contributed by atoms with Crippen molar-refractivity contribution < 1.29 is 39.6 Å². The molecule has 7 aromatic carbocycles. The first-order valence-electron chi connectivity index (χ1n) is 13.5. The molecular weight excluding hydrogens is 560 g/mol. The van der Waals surface area contributed by atoms with Crippen LogP contribution in [0.4, 0.5) is 0 Å². The van der Waals surface area contributed by atoms with Gasteiger partial charge in [0.2, 0.25) is 0 Å². The van der Waals surface area contributed by atoms with Crippen molar-refractivity contribution in [3.8, 4) is 22.3 Å². The second-order valence-electron chi connectivity index (χ2n) is 10.4. The van der Waals surface area contributed by atoms with Crippen molar-refractivity contribution in [2.75, 3.05) is 0 Å². The van der Waals surface area contributed by atoms with E-state index in [0.29, 0.717) is 38.2 Å². The van der Waals surface area contributed by atoms with Crippen molar-refractivity contribution in [2.45, 2.75) is 0 Å². The number of hydrogen-bond donors (Lipinski definition) is 4. The number of aromatic carboxylic acids is 4. The van der Waals surface area contributed by atoms with Gasteiger partial charge in [0, 0.05) is 21.7 Å². The maximum atomic E-state index is 13.4. The van der Waals surface area contributed by atoms with Crippen molar-refractivity contribution >= 4 is 67.0 Å². The Labute approximate surface area is 248 Å². The van der Waals surface area contributed by atoms with Gasteiger partial charge in [0.25, 0.3) is 0 Å². The van der Waals surface area contributed by atoms with E-state index in [0.717, 1.165) is 5.39 Å². The Hall–Kier alpha value is -6.28. The van der Waals surface area contributed by atoms with Crippen molar-refractivity contribution in [3.05, 3.63) is 119 Å². The number of carboxylic acids is 4. The van der Waals surface area contributed by atoms with Crippen molar-refractivity contribution in [1.82, 2.24) is 0 Å². The zero-order chi connectivity index (χ0) is 30.9. The van der Waals surface area contributed by atoms with Crippen LogP contribution in [0.15, 0.2) is 97.1 Å². The number of hydrogen-bond acceptors (Lipinski definition) is 4. The lowest BCUT2D eigenvalue weighted by Gasteiger charge is -2.25. The quantitative estimate of drug-likeness (QED) is 0.115. The number of fused-ring (bicyclic) bond motifs is 2. The molecule has 0 aliphatic heterocycles.